The summed E-state index contributed by atoms with van der Waals surface area (Å²) >= 11 is 0. The van der Waals surface area contributed by atoms with Gasteiger partial charge in [0.15, 0.2) is 0 Å². The van der Waals surface area contributed by atoms with Gasteiger partial charge in [-0.1, -0.05) is 431 Å². The lowest BCUT2D eigenvalue weighted by molar-refractivity contribution is -0.143. The van der Waals surface area contributed by atoms with Gasteiger partial charge in [0.25, 0.3) is 0 Å². The van der Waals surface area contributed by atoms with Gasteiger partial charge < -0.3 is 20.3 Å². The van der Waals surface area contributed by atoms with E-state index in [4.69, 9.17) is 4.74 Å². The van der Waals surface area contributed by atoms with Crippen molar-refractivity contribution in [2.45, 2.75) is 482 Å². The van der Waals surface area contributed by atoms with Gasteiger partial charge in [0.2, 0.25) is 5.91 Å². The second-order valence-electron chi connectivity index (χ2n) is 27.8. The molecule has 2 atom stereocenters. The van der Waals surface area contributed by atoms with E-state index in [1.165, 1.54) is 398 Å². The minimum absolute atomic E-state index is 0.0234. The van der Waals surface area contributed by atoms with Crippen LogP contribution in [0.25, 0.3) is 0 Å². The smallest absolute Gasteiger partial charge is 0.305 e. The monoisotopic (exact) mass is 1200 g/mol. The molecule has 0 aromatic rings. The number of esters is 1. The molecule has 6 heteroatoms. The molecule has 0 aromatic carbocycles. The van der Waals surface area contributed by atoms with Crippen LogP contribution in [0.15, 0.2) is 0 Å². The third-order valence-corrected chi connectivity index (χ3v) is 19.2. The van der Waals surface area contributed by atoms with Crippen LogP contribution < -0.4 is 5.32 Å². The maximum atomic E-state index is 12.6. The number of hydrogen-bond donors (Lipinski definition) is 3. The Morgan fingerprint density at radius 2 is 0.482 bits per heavy atom. The van der Waals surface area contributed by atoms with Crippen LogP contribution in [-0.2, 0) is 14.3 Å². The molecule has 2 unspecified atom stereocenters. The Balaban J connectivity index is 3.32. The first-order valence-corrected chi connectivity index (χ1v) is 39.8. The summed E-state index contributed by atoms with van der Waals surface area (Å²) in [5.74, 6) is -0.000436. The molecule has 0 fully saturated rings. The average molecular weight is 1200 g/mol. The fraction of sp³-hybridized carbons (Fsp3) is 0.975. The third-order valence-electron chi connectivity index (χ3n) is 19.2. The number of ether oxygens (including phenoxy) is 1. The zero-order valence-electron chi connectivity index (χ0n) is 58.4. The van der Waals surface area contributed by atoms with Crippen LogP contribution in [0.1, 0.15) is 470 Å². The van der Waals surface area contributed by atoms with E-state index in [-0.39, 0.29) is 18.5 Å². The number of rotatable bonds is 76. The molecule has 0 aromatic heterocycles. The first-order valence-electron chi connectivity index (χ1n) is 39.8. The van der Waals surface area contributed by atoms with E-state index < -0.39 is 12.1 Å². The number of nitrogens with one attached hydrogen (secondary N) is 1. The van der Waals surface area contributed by atoms with Gasteiger partial charge in [-0.05, 0) is 25.7 Å². The summed E-state index contributed by atoms with van der Waals surface area (Å²) in [6.07, 6.45) is 93.4. The van der Waals surface area contributed by atoms with Gasteiger partial charge in [-0.3, -0.25) is 9.59 Å². The quantitative estimate of drug-likeness (QED) is 0.0417. The predicted molar refractivity (Wildman–Crippen MR) is 375 cm³/mol. The van der Waals surface area contributed by atoms with Gasteiger partial charge in [0.1, 0.15) is 0 Å². The van der Waals surface area contributed by atoms with Crippen molar-refractivity contribution in [2.75, 3.05) is 13.2 Å². The third kappa shape index (κ3) is 71.8. The highest BCUT2D eigenvalue weighted by atomic mass is 16.5. The largest absolute Gasteiger partial charge is 0.466 e. The zero-order valence-corrected chi connectivity index (χ0v) is 58.4. The van der Waals surface area contributed by atoms with Crippen molar-refractivity contribution >= 4 is 11.9 Å². The molecule has 0 aliphatic heterocycles. The van der Waals surface area contributed by atoms with Gasteiger partial charge in [0.05, 0.1) is 25.4 Å². The summed E-state index contributed by atoms with van der Waals surface area (Å²) in [7, 11) is 0. The maximum absolute atomic E-state index is 12.6. The highest BCUT2D eigenvalue weighted by molar-refractivity contribution is 5.76. The minimum Gasteiger partial charge on any atom is -0.466 e. The van der Waals surface area contributed by atoms with Crippen LogP contribution >= 0.6 is 0 Å². The molecule has 0 rings (SSSR count). The highest BCUT2D eigenvalue weighted by Gasteiger charge is 2.20. The lowest BCUT2D eigenvalue weighted by Crippen LogP contribution is -2.45. The summed E-state index contributed by atoms with van der Waals surface area (Å²) in [5, 5.41) is 23.5. The first kappa shape index (κ1) is 83.9. The van der Waals surface area contributed by atoms with E-state index in [2.05, 4.69) is 19.2 Å². The van der Waals surface area contributed by atoms with E-state index in [0.717, 1.165) is 38.5 Å². The van der Waals surface area contributed by atoms with Gasteiger partial charge in [-0.25, -0.2) is 0 Å². The molecule has 0 saturated heterocycles. The Bertz CT molecular complexity index is 1240. The molecule has 6 nitrogen and oxygen atoms in total. The Labute approximate surface area is 534 Å². The predicted octanol–water partition coefficient (Wildman–Crippen LogP) is 26.1. The lowest BCUT2D eigenvalue weighted by atomic mass is 10.0. The van der Waals surface area contributed by atoms with Crippen molar-refractivity contribution < 1.29 is 24.5 Å². The molecule has 0 heterocycles. The molecule has 0 spiro atoms. The normalized spacial score (nSPS) is 12.4. The van der Waals surface area contributed by atoms with Gasteiger partial charge in [-0.2, -0.15) is 0 Å². The molecule has 0 aliphatic rings. The van der Waals surface area contributed by atoms with Crippen LogP contribution in [0.4, 0.5) is 0 Å². The molecule has 85 heavy (non-hydrogen) atoms. The molecule has 1 amide bonds. The van der Waals surface area contributed by atoms with Crippen molar-refractivity contribution in [1.29, 1.82) is 0 Å². The SMILES string of the molecule is CCCCCCCCCCCCCCCCCCCCCCCCCCC(O)C(CO)NC(=O)CCCCCCCCCCCCCCCCCCCCCCCCCCCCCCCCCCOC(=O)CCCCCCCCCCCCCC. The first-order chi connectivity index (χ1) is 42.0. The van der Waals surface area contributed by atoms with E-state index in [0.29, 0.717) is 25.9 Å². The van der Waals surface area contributed by atoms with E-state index >= 15 is 0 Å². The second kappa shape index (κ2) is 75.3. The molecular formula is C79H157NO5. The van der Waals surface area contributed by atoms with Crippen molar-refractivity contribution in [3.05, 3.63) is 0 Å². The number of carbonyl (C=O) groups excluding carboxylic acids is 2. The zero-order chi connectivity index (χ0) is 61.3. The van der Waals surface area contributed by atoms with E-state index in [1.54, 1.807) is 0 Å². The Kier molecular flexibility index (Phi) is 74.3. The standard InChI is InChI=1S/C79H157NO5/c1-3-5-7-9-11-13-15-17-18-19-20-21-22-33-36-39-42-45-48-51-55-59-63-67-71-77(82)76(75-81)80-78(83)72-68-64-60-56-52-49-46-43-40-37-34-31-29-27-25-23-24-26-28-30-32-35-38-41-44-47-50-54-58-62-66-70-74-85-79(84)73-69-65-61-57-53-16-14-12-10-8-6-4-2/h76-77,81-82H,3-75H2,1-2H3,(H,80,83). The Hall–Kier alpha value is -1.14. The summed E-state index contributed by atoms with van der Waals surface area (Å²) in [6, 6.07) is -0.538. The fourth-order valence-corrected chi connectivity index (χ4v) is 13.1. The molecule has 0 saturated carbocycles. The lowest BCUT2D eigenvalue weighted by Gasteiger charge is -2.22. The molecule has 0 radical (unpaired) electrons. The highest BCUT2D eigenvalue weighted by Crippen LogP contribution is 2.21. The topological polar surface area (TPSA) is 95.9 Å². The van der Waals surface area contributed by atoms with Crippen molar-refractivity contribution in [2.24, 2.45) is 0 Å². The average Bonchev–Trinajstić information content (AvgIpc) is 3.53. The number of amides is 1. The van der Waals surface area contributed by atoms with Crippen LogP contribution in [0.5, 0.6) is 0 Å². The fourth-order valence-electron chi connectivity index (χ4n) is 13.1. The van der Waals surface area contributed by atoms with Crippen molar-refractivity contribution in [1.82, 2.24) is 5.32 Å². The minimum atomic E-state index is -0.662. The van der Waals surface area contributed by atoms with Crippen LogP contribution in [0.2, 0.25) is 0 Å². The summed E-state index contributed by atoms with van der Waals surface area (Å²) in [5.41, 5.74) is 0. The summed E-state index contributed by atoms with van der Waals surface area (Å²) in [6.45, 7) is 5.01. The van der Waals surface area contributed by atoms with Crippen LogP contribution in [-0.4, -0.2) is 47.4 Å². The molecular weight excluding hydrogens is 1040 g/mol. The summed E-state index contributed by atoms with van der Waals surface area (Å²) in [4.78, 5) is 24.6. The second-order valence-corrected chi connectivity index (χ2v) is 27.8. The van der Waals surface area contributed by atoms with Crippen LogP contribution in [0.3, 0.4) is 0 Å². The van der Waals surface area contributed by atoms with E-state index in [1.807, 2.05) is 0 Å². The molecule has 0 aliphatic carbocycles. The number of aliphatic hydroxyl groups is 2. The van der Waals surface area contributed by atoms with Crippen molar-refractivity contribution in [3.8, 4) is 0 Å². The number of hydrogen-bond acceptors (Lipinski definition) is 5. The number of aliphatic hydroxyl groups excluding tert-OH is 2. The molecule has 0 bridgehead atoms. The van der Waals surface area contributed by atoms with E-state index in [9.17, 15) is 19.8 Å². The molecule has 508 valence electrons. The van der Waals surface area contributed by atoms with Crippen molar-refractivity contribution in [3.63, 3.8) is 0 Å². The number of carbonyl (C=O) groups is 2. The Morgan fingerprint density at radius 1 is 0.282 bits per heavy atom. The van der Waals surface area contributed by atoms with Gasteiger partial charge in [-0.15, -0.1) is 0 Å². The van der Waals surface area contributed by atoms with Gasteiger partial charge >= 0.3 is 5.97 Å². The van der Waals surface area contributed by atoms with Gasteiger partial charge in [0, 0.05) is 12.8 Å². The summed E-state index contributed by atoms with van der Waals surface area (Å²) < 4.78 is 5.49. The Morgan fingerprint density at radius 3 is 0.718 bits per heavy atom. The number of unbranched alkanes of at least 4 members (excludes halogenated alkanes) is 65. The molecule has 3 N–H and O–H groups in total. The maximum Gasteiger partial charge on any atom is 0.305 e. The van der Waals surface area contributed by atoms with Crippen LogP contribution in [0, 0.1) is 0 Å².